The van der Waals surface area contributed by atoms with Crippen LogP contribution < -0.4 is 70.4 Å². The van der Waals surface area contributed by atoms with Crippen LogP contribution in [0.3, 0.4) is 0 Å². The molecule has 0 radical (unpaired) electrons. The van der Waals surface area contributed by atoms with Gasteiger partial charge in [0.1, 0.15) is 29.1 Å². The van der Waals surface area contributed by atoms with E-state index in [1.165, 1.54) is 0 Å². The summed E-state index contributed by atoms with van der Waals surface area (Å²) in [6.45, 7) is 26.1. The van der Waals surface area contributed by atoms with Crippen molar-refractivity contribution < 1.29 is 23.7 Å². The molecule has 0 fully saturated rings. The molecule has 0 saturated carbocycles. The van der Waals surface area contributed by atoms with Crippen LogP contribution in [-0.4, -0.2) is 82.8 Å². The molecule has 11 aromatic carbocycles. The molecular formula is C108H103ClN22O5. The fourth-order valence-corrected chi connectivity index (χ4v) is 14.2. The highest BCUT2D eigenvalue weighted by Crippen LogP contribution is 2.31. The molecule has 0 bridgehead atoms. The number of anilines is 13. The van der Waals surface area contributed by atoms with E-state index in [0.29, 0.717) is 139 Å². The maximum Gasteiger partial charge on any atom is 0.257 e. The Hall–Kier alpha value is -17.7. The van der Waals surface area contributed by atoms with Gasteiger partial charge in [0, 0.05) is 130 Å². The normalized spacial score (nSPS) is 10.5. The summed E-state index contributed by atoms with van der Waals surface area (Å²) in [6.07, 6.45) is 16.6. The number of nitrogen functional groups attached to an aromatic ring is 4. The summed E-state index contributed by atoms with van der Waals surface area (Å²) in [5.74, 6) is 2.15. The van der Waals surface area contributed by atoms with Crippen molar-refractivity contribution in [2.45, 2.75) is 60.3 Å². The van der Waals surface area contributed by atoms with Crippen molar-refractivity contribution in [1.29, 1.82) is 0 Å². The number of aromatic nitrogens is 9. The smallest absolute Gasteiger partial charge is 0.257 e. The van der Waals surface area contributed by atoms with E-state index >= 15 is 0 Å². The van der Waals surface area contributed by atoms with Crippen LogP contribution in [-0.2, 0) is 25.7 Å². The maximum atomic E-state index is 13.0. The van der Waals surface area contributed by atoms with Crippen molar-refractivity contribution in [3.05, 3.63) is 454 Å². The molecule has 136 heavy (non-hydrogen) atoms. The molecule has 16 rings (SSSR count). The maximum absolute atomic E-state index is 13.0. The third-order valence-electron chi connectivity index (χ3n) is 21.1. The van der Waals surface area contributed by atoms with Crippen LogP contribution in [0.1, 0.15) is 137 Å². The van der Waals surface area contributed by atoms with Gasteiger partial charge in [0.25, 0.3) is 23.6 Å². The van der Waals surface area contributed by atoms with Gasteiger partial charge in [0.2, 0.25) is 0 Å². The van der Waals surface area contributed by atoms with Crippen LogP contribution in [0.15, 0.2) is 335 Å². The summed E-state index contributed by atoms with van der Waals surface area (Å²) < 4.78 is 5.09. The number of hydrogen-bond donors (Lipinski definition) is 12. The van der Waals surface area contributed by atoms with Crippen LogP contribution in [0.4, 0.5) is 73.9 Å². The average Bonchev–Trinajstić information content (AvgIpc) is 1.37. The Balaban J connectivity index is 0.000000153. The van der Waals surface area contributed by atoms with Crippen molar-refractivity contribution in [3.8, 4) is 0 Å². The number of hydrogen-bond acceptors (Lipinski definition) is 23. The van der Waals surface area contributed by atoms with Gasteiger partial charge in [-0.1, -0.05) is 169 Å². The molecule has 16 aromatic rings. The minimum absolute atomic E-state index is 0.233. The molecule has 5 heterocycles. The summed E-state index contributed by atoms with van der Waals surface area (Å²) in [4.78, 5) is 88.5. The molecule has 0 saturated heterocycles. The fourth-order valence-electron chi connectivity index (χ4n) is 14.0. The Bertz CT molecular complexity index is 7030. The number of rotatable bonds is 29. The largest absolute Gasteiger partial charge is 0.399 e. The highest BCUT2D eigenvalue weighted by Gasteiger charge is 2.20. The first kappa shape index (κ1) is 95.9. The van der Waals surface area contributed by atoms with Gasteiger partial charge in [-0.2, -0.15) is 0 Å². The SMILES string of the molecule is C=C(Nc1ccc(C)c(C(=O)Nc2cnc(Cc3cccc(N)c3)nc2)c1)c1cccc(N(C)C)c1.C=C(Nc1ccc(C)c(C(=O)Nc2cnc(Cc3cccc(N)c3)nc2)c1)c1cnoc1C.C=C(Nc1ccc(Cl)c(C(=O)Nc2cnc(Cc3cccc(N)c3)nc2)c1)c1cccc(C)c1.C=C(Nc1cccc(C(=O)Nc2cnc(Cc3cccc(N)c3)nc2)c1)c1cccc(C)c1. The lowest BCUT2D eigenvalue weighted by molar-refractivity contribution is 0.101. The number of aryl methyl sites for hydroxylation is 5. The van der Waals surface area contributed by atoms with Crippen LogP contribution in [0.25, 0.3) is 22.8 Å². The molecule has 27 nitrogen and oxygen atoms in total. The monoisotopic (exact) mass is 1820 g/mol. The molecule has 0 atom stereocenters. The lowest BCUT2D eigenvalue weighted by Crippen LogP contribution is -2.14. The highest BCUT2D eigenvalue weighted by molar-refractivity contribution is 6.34. The summed E-state index contributed by atoms with van der Waals surface area (Å²) >= 11 is 6.31. The van der Waals surface area contributed by atoms with Gasteiger partial charge in [-0.3, -0.25) is 19.2 Å². The van der Waals surface area contributed by atoms with E-state index in [9.17, 15) is 19.2 Å². The van der Waals surface area contributed by atoms with Crippen LogP contribution >= 0.6 is 11.6 Å². The first-order valence-electron chi connectivity index (χ1n) is 43.2. The molecule has 0 aliphatic heterocycles. The molecule has 0 aliphatic carbocycles. The molecular weight excluding hydrogens is 1720 g/mol. The average molecular weight is 1820 g/mol. The Morgan fingerprint density at radius 3 is 0.985 bits per heavy atom. The standard InChI is InChI=1S/C29H30N6O.C27H24ClN5O.C27H25N5O.C25H24N6O2/c1-19-11-12-24(33-20(2)22-8-6-10-26(15-22)35(3)4)16-27(19)29(36)34-25-17-31-28(32-18-25)14-21-7-5-9-23(30)13-21;1-17-5-3-7-20(11-17)18(2)32-22-9-10-25(28)24(14-22)27(34)33-23-15-30-26(31-16-23)13-19-6-4-8-21(29)12-19;1-18-6-3-8-21(12-18)19(2)31-24-11-5-9-22(15-24)27(33)32-25-16-29-26(30-17-25)14-20-7-4-10-23(28)13-20;1-15-7-8-20(30-16(2)23-14-29-33-17(23)3)11-22(15)25(32)31-21-12-27-24(28-13-21)10-18-5-4-6-19(26)9-18/h5-13,15-18,33H,2,14,30H2,1,3-4H3,(H,34,36);3-12,14-16,32H,2,13,29H2,1H3,(H,33,34);3-13,15-17,31H,2,14,28H2,1H3,(H,32,33);4-9,11-14,30H,2,10,26H2,1,3H3,(H,31,32). The number of nitrogens with two attached hydrogens (primary N) is 4. The van der Waals surface area contributed by atoms with Crippen molar-refractivity contribution in [2.75, 3.05) is 84.5 Å². The van der Waals surface area contributed by atoms with Gasteiger partial charge in [-0.25, -0.2) is 39.9 Å². The van der Waals surface area contributed by atoms with Gasteiger partial charge < -0.3 is 74.9 Å². The van der Waals surface area contributed by atoms with E-state index in [1.54, 1.807) is 92.2 Å². The van der Waals surface area contributed by atoms with Crippen molar-refractivity contribution in [2.24, 2.45) is 0 Å². The lowest BCUT2D eigenvalue weighted by Gasteiger charge is -2.16. The Labute approximate surface area is 794 Å². The first-order chi connectivity index (χ1) is 65.5. The third-order valence-corrected chi connectivity index (χ3v) is 21.4. The van der Waals surface area contributed by atoms with Crippen molar-refractivity contribution in [1.82, 2.24) is 45.0 Å². The van der Waals surface area contributed by atoms with Gasteiger partial charge in [0.05, 0.1) is 94.7 Å². The summed E-state index contributed by atoms with van der Waals surface area (Å²) in [7, 11) is 4.00. The predicted molar refractivity (Wildman–Crippen MR) is 550 cm³/mol. The number of carbonyl (C=O) groups is 4. The van der Waals surface area contributed by atoms with Crippen LogP contribution in [0, 0.1) is 34.6 Å². The number of amides is 4. The molecule has 28 heteroatoms. The first-order valence-corrected chi connectivity index (χ1v) is 43.5. The van der Waals surface area contributed by atoms with Gasteiger partial charge in [-0.15, -0.1) is 0 Å². The summed E-state index contributed by atoms with van der Waals surface area (Å²) in [6, 6.07) is 78.2. The van der Waals surface area contributed by atoms with Crippen molar-refractivity contribution >= 4 is 132 Å². The Kier molecular flexibility index (Phi) is 32.2. The fraction of sp³-hybridized carbons (Fsp3) is 0.102. The van der Waals surface area contributed by atoms with Crippen molar-refractivity contribution in [3.63, 3.8) is 0 Å². The van der Waals surface area contributed by atoms with Crippen LogP contribution in [0.5, 0.6) is 0 Å². The zero-order valence-corrected chi connectivity index (χ0v) is 77.0. The van der Waals surface area contributed by atoms with Gasteiger partial charge in [-0.05, 0) is 218 Å². The van der Waals surface area contributed by atoms with E-state index in [1.807, 2.05) is 254 Å². The predicted octanol–water partition coefficient (Wildman–Crippen LogP) is 21.2. The minimum Gasteiger partial charge on any atom is -0.399 e. The second-order valence-electron chi connectivity index (χ2n) is 32.3. The Morgan fingerprint density at radius 2 is 0.625 bits per heavy atom. The molecule has 0 unspecified atom stereocenters. The number of carbonyl (C=O) groups excluding carboxylic acids is 4. The number of benzene rings is 11. The third kappa shape index (κ3) is 27.9. The summed E-state index contributed by atoms with van der Waals surface area (Å²) in [5, 5.41) is 28.5. The second-order valence-corrected chi connectivity index (χ2v) is 32.7. The molecule has 0 spiro atoms. The molecule has 0 aliphatic rings. The number of halogens is 1. The highest BCUT2D eigenvalue weighted by atomic mass is 35.5. The minimum atomic E-state index is -0.359. The quantitative estimate of drug-likeness (QED) is 0.0194. The zero-order chi connectivity index (χ0) is 96.3. The molecule has 16 N–H and O–H groups in total. The van der Waals surface area contributed by atoms with E-state index < -0.39 is 0 Å². The van der Waals surface area contributed by atoms with Gasteiger partial charge in [0.15, 0.2) is 0 Å². The number of nitrogens with one attached hydrogen (secondary N) is 8. The van der Waals surface area contributed by atoms with E-state index in [2.05, 4.69) is 126 Å². The molecule has 5 aromatic heterocycles. The number of nitrogens with zero attached hydrogens (tertiary/aromatic N) is 10. The van der Waals surface area contributed by atoms with E-state index in [-0.39, 0.29) is 23.6 Å². The molecule has 4 amide bonds. The zero-order valence-electron chi connectivity index (χ0n) is 76.2. The van der Waals surface area contributed by atoms with E-state index in [0.717, 1.165) is 107 Å². The van der Waals surface area contributed by atoms with E-state index in [4.69, 9.17) is 39.1 Å². The molecule has 682 valence electrons. The lowest BCUT2D eigenvalue weighted by atomic mass is 10.1. The van der Waals surface area contributed by atoms with Crippen LogP contribution in [0.2, 0.25) is 5.02 Å². The summed E-state index contributed by atoms with van der Waals surface area (Å²) in [5.41, 5.74) is 48.8. The topological polar surface area (TPSA) is 401 Å². The van der Waals surface area contributed by atoms with Gasteiger partial charge >= 0.3 is 0 Å². The second kappa shape index (κ2) is 45.7. The Morgan fingerprint density at radius 1 is 0.309 bits per heavy atom.